The van der Waals surface area contributed by atoms with Gasteiger partial charge in [0.15, 0.2) is 0 Å². The van der Waals surface area contributed by atoms with Gasteiger partial charge in [0, 0.05) is 44.9 Å². The van der Waals surface area contributed by atoms with Crippen molar-refractivity contribution in [3.8, 4) is 5.75 Å². The van der Waals surface area contributed by atoms with Gasteiger partial charge in [0.25, 0.3) is 5.91 Å². The second kappa shape index (κ2) is 16.2. The molecule has 1 aromatic heterocycles. The van der Waals surface area contributed by atoms with Gasteiger partial charge in [-0.05, 0) is 43.5 Å². The van der Waals surface area contributed by atoms with Crippen molar-refractivity contribution in [3.63, 3.8) is 0 Å². The second-order valence-corrected chi connectivity index (χ2v) is 11.0. The number of carbonyl (C=O) groups is 5. The number of pyridine rings is 1. The van der Waals surface area contributed by atoms with Crippen LogP contribution in [0.3, 0.4) is 0 Å². The van der Waals surface area contributed by atoms with E-state index in [9.17, 15) is 24.0 Å². The number of ether oxygens (including phenoxy) is 1. The van der Waals surface area contributed by atoms with Crippen LogP contribution in [0.4, 0.5) is 0 Å². The number of amides is 5. The van der Waals surface area contributed by atoms with Gasteiger partial charge in [-0.25, -0.2) is 0 Å². The highest BCUT2D eigenvalue weighted by Crippen LogP contribution is 2.19. The van der Waals surface area contributed by atoms with E-state index in [0.717, 1.165) is 5.69 Å². The monoisotopic (exact) mass is 594 g/mol. The van der Waals surface area contributed by atoms with Crippen LogP contribution in [0.25, 0.3) is 0 Å². The van der Waals surface area contributed by atoms with Crippen molar-refractivity contribution >= 4 is 29.5 Å². The Hall–Kier alpha value is -4.48. The molecular weight excluding hydrogens is 552 g/mol. The Morgan fingerprint density at radius 3 is 2.53 bits per heavy atom. The van der Waals surface area contributed by atoms with Crippen LogP contribution in [0.1, 0.15) is 56.1 Å². The predicted molar refractivity (Wildman–Crippen MR) is 160 cm³/mol. The maximum atomic E-state index is 13.4. The highest BCUT2D eigenvalue weighted by Gasteiger charge is 2.28. The lowest BCUT2D eigenvalue weighted by Crippen LogP contribution is -2.52. The summed E-state index contributed by atoms with van der Waals surface area (Å²) in [6.45, 7) is 6.01. The number of nitrogens with one attached hydrogen (secondary N) is 4. The normalized spacial score (nSPS) is 21.2. The quantitative estimate of drug-likeness (QED) is 0.405. The first-order valence-corrected chi connectivity index (χ1v) is 14.6. The number of rotatable bonds is 5. The van der Waals surface area contributed by atoms with Gasteiger partial charge in [0.05, 0.1) is 18.0 Å². The van der Waals surface area contributed by atoms with Gasteiger partial charge in [-0.2, -0.15) is 0 Å². The largest absolute Gasteiger partial charge is 0.491 e. The molecule has 1 aliphatic heterocycles. The van der Waals surface area contributed by atoms with Crippen LogP contribution in [-0.4, -0.2) is 84.3 Å². The number of aromatic nitrogens is 1. The fourth-order valence-electron chi connectivity index (χ4n) is 4.51. The zero-order chi connectivity index (χ0) is 31.4. The van der Waals surface area contributed by atoms with Crippen LogP contribution >= 0.6 is 0 Å². The van der Waals surface area contributed by atoms with E-state index in [2.05, 4.69) is 26.3 Å². The summed E-state index contributed by atoms with van der Waals surface area (Å²) in [5, 5.41) is 11.2. The lowest BCUT2D eigenvalue weighted by Gasteiger charge is -2.24. The number of carbonyl (C=O) groups excluding carboxylic acids is 5. The van der Waals surface area contributed by atoms with E-state index in [1.807, 2.05) is 26.0 Å². The molecule has 3 rings (SSSR count). The van der Waals surface area contributed by atoms with Crippen LogP contribution in [0, 0.1) is 5.92 Å². The summed E-state index contributed by atoms with van der Waals surface area (Å²) < 4.78 is 5.90. The maximum Gasteiger partial charge on any atom is 0.255 e. The molecule has 0 saturated carbocycles. The minimum absolute atomic E-state index is 0.0511. The first-order valence-electron chi connectivity index (χ1n) is 14.6. The van der Waals surface area contributed by atoms with E-state index in [0.29, 0.717) is 12.8 Å². The van der Waals surface area contributed by atoms with Crippen molar-refractivity contribution in [2.75, 3.05) is 26.7 Å². The van der Waals surface area contributed by atoms with Crippen LogP contribution in [-0.2, 0) is 25.6 Å². The molecule has 0 fully saturated rings. The Labute approximate surface area is 252 Å². The standard InChI is InChI=1S/C31H42N6O6/c1-20(2)28-31(42)34-21(3)19-43-25-12-6-5-11-23(25)29(40)35-24(18-27(39)37(4)17-9-13-26(38)36-28)30(41)33-16-14-22-10-7-8-15-32-22/h5-8,10-12,15,20-21,24,28H,9,13-14,16-19H2,1-4H3,(H,33,41)(H,34,42)(H,35,40)(H,36,38)/t21-,24-,28+/m0/s1. The molecule has 12 heteroatoms. The SMILES string of the molecule is CC(C)[C@H]1NC(=O)CCCN(C)C(=O)C[C@@H](C(=O)NCCc2ccccn2)NC(=O)c2ccccc2OC[C@H](C)NC1=O. The summed E-state index contributed by atoms with van der Waals surface area (Å²) in [5.41, 5.74) is 0.974. The molecule has 1 aliphatic rings. The van der Waals surface area contributed by atoms with E-state index in [4.69, 9.17) is 4.74 Å². The summed E-state index contributed by atoms with van der Waals surface area (Å²) in [5.74, 6) is -2.01. The molecular formula is C31H42N6O6. The Balaban J connectivity index is 1.81. The summed E-state index contributed by atoms with van der Waals surface area (Å²) in [6.07, 6.45) is 2.32. The Kier molecular flexibility index (Phi) is 12.5. The van der Waals surface area contributed by atoms with Crippen molar-refractivity contribution in [2.24, 2.45) is 5.92 Å². The highest BCUT2D eigenvalue weighted by atomic mass is 16.5. The fourth-order valence-corrected chi connectivity index (χ4v) is 4.51. The summed E-state index contributed by atoms with van der Waals surface area (Å²) in [6, 6.07) is 9.71. The molecule has 0 unspecified atom stereocenters. The van der Waals surface area contributed by atoms with Crippen LogP contribution in [0.2, 0.25) is 0 Å². The topological polar surface area (TPSA) is 159 Å². The Bertz CT molecular complexity index is 1270. The highest BCUT2D eigenvalue weighted by molar-refractivity contribution is 6.00. The molecule has 12 nitrogen and oxygen atoms in total. The molecule has 0 saturated heterocycles. The summed E-state index contributed by atoms with van der Waals surface area (Å²) in [4.78, 5) is 71.0. The molecule has 0 spiro atoms. The molecule has 43 heavy (non-hydrogen) atoms. The number of hydrogen-bond acceptors (Lipinski definition) is 7. The molecule has 3 atom stereocenters. The van der Waals surface area contributed by atoms with Crippen LogP contribution in [0.15, 0.2) is 48.7 Å². The molecule has 4 N–H and O–H groups in total. The molecule has 2 aromatic rings. The molecule has 0 aliphatic carbocycles. The molecule has 5 amide bonds. The van der Waals surface area contributed by atoms with Crippen molar-refractivity contribution in [1.82, 2.24) is 31.2 Å². The van der Waals surface area contributed by atoms with Crippen molar-refractivity contribution < 1.29 is 28.7 Å². The lowest BCUT2D eigenvalue weighted by atomic mass is 10.0. The Morgan fingerprint density at radius 2 is 1.81 bits per heavy atom. The third-order valence-corrected chi connectivity index (χ3v) is 7.01. The van der Waals surface area contributed by atoms with Crippen LogP contribution in [0.5, 0.6) is 5.75 Å². The van der Waals surface area contributed by atoms with Crippen molar-refractivity contribution in [2.45, 2.75) is 64.6 Å². The van der Waals surface area contributed by atoms with E-state index < -0.39 is 29.9 Å². The first-order chi connectivity index (χ1) is 20.5. The van der Waals surface area contributed by atoms with E-state index in [-0.39, 0.29) is 67.5 Å². The van der Waals surface area contributed by atoms with Gasteiger partial charge in [-0.3, -0.25) is 29.0 Å². The fraction of sp³-hybridized carbons (Fsp3) is 0.484. The van der Waals surface area contributed by atoms with E-state index >= 15 is 0 Å². The third kappa shape index (κ3) is 10.4. The van der Waals surface area contributed by atoms with Gasteiger partial charge < -0.3 is 30.9 Å². The van der Waals surface area contributed by atoms with Crippen molar-refractivity contribution in [1.29, 1.82) is 0 Å². The van der Waals surface area contributed by atoms with Gasteiger partial charge in [0.2, 0.25) is 23.6 Å². The lowest BCUT2D eigenvalue weighted by molar-refractivity contribution is -0.134. The number of nitrogens with zero attached hydrogens (tertiary/aromatic N) is 2. The number of para-hydroxylation sites is 1. The van der Waals surface area contributed by atoms with E-state index in [1.165, 1.54) is 4.90 Å². The van der Waals surface area contributed by atoms with Gasteiger partial charge in [0.1, 0.15) is 24.4 Å². The maximum absolute atomic E-state index is 13.4. The predicted octanol–water partition coefficient (Wildman–Crippen LogP) is 1.21. The minimum atomic E-state index is -1.16. The number of fused-ring (bicyclic) bond motifs is 1. The van der Waals surface area contributed by atoms with Gasteiger partial charge in [-0.15, -0.1) is 0 Å². The van der Waals surface area contributed by atoms with Gasteiger partial charge in [-0.1, -0.05) is 32.0 Å². The average Bonchev–Trinajstić information content (AvgIpc) is 2.98. The van der Waals surface area contributed by atoms with E-state index in [1.54, 1.807) is 50.5 Å². The van der Waals surface area contributed by atoms with Crippen LogP contribution < -0.4 is 26.0 Å². The zero-order valence-electron chi connectivity index (χ0n) is 25.2. The number of hydrogen-bond donors (Lipinski definition) is 4. The smallest absolute Gasteiger partial charge is 0.255 e. The average molecular weight is 595 g/mol. The zero-order valence-corrected chi connectivity index (χ0v) is 25.2. The Morgan fingerprint density at radius 1 is 1.07 bits per heavy atom. The first kappa shape index (κ1) is 33.0. The van der Waals surface area contributed by atoms with Gasteiger partial charge >= 0.3 is 0 Å². The molecule has 0 bridgehead atoms. The summed E-state index contributed by atoms with van der Waals surface area (Å²) in [7, 11) is 1.58. The molecule has 0 radical (unpaired) electrons. The minimum Gasteiger partial charge on any atom is -0.491 e. The molecule has 232 valence electrons. The van der Waals surface area contributed by atoms with Crippen molar-refractivity contribution in [3.05, 3.63) is 59.9 Å². The summed E-state index contributed by atoms with van der Waals surface area (Å²) >= 11 is 0. The number of benzene rings is 1. The second-order valence-electron chi connectivity index (χ2n) is 11.0. The third-order valence-electron chi connectivity index (χ3n) is 7.01. The molecule has 2 heterocycles. The molecule has 1 aromatic carbocycles.